The predicted octanol–water partition coefficient (Wildman–Crippen LogP) is 1.83. The number of carbonyl (C=O) groups is 1. The van der Waals surface area contributed by atoms with E-state index in [1.807, 2.05) is 0 Å². The standard InChI is InChI=1S/C16H19N3O4S/c1-11-15(17-10-23-11)16(20)19-8-4-5-12-6-7-13(9-14(12)19)24(21,22)18(2)3/h6-7,9-10H,4-5,8H2,1-3H3. The molecule has 8 heteroatoms. The molecule has 0 saturated heterocycles. The average Bonchev–Trinajstić information content (AvgIpc) is 2.99. The zero-order chi connectivity index (χ0) is 17.5. The quantitative estimate of drug-likeness (QED) is 0.844. The number of fused-ring (bicyclic) bond motifs is 1. The van der Waals surface area contributed by atoms with Crippen LogP contribution in [0.4, 0.5) is 5.69 Å². The first-order chi connectivity index (χ1) is 11.3. The fourth-order valence-electron chi connectivity index (χ4n) is 2.78. The van der Waals surface area contributed by atoms with E-state index in [-0.39, 0.29) is 16.5 Å². The molecular weight excluding hydrogens is 330 g/mol. The van der Waals surface area contributed by atoms with Crippen LogP contribution in [0.3, 0.4) is 0 Å². The van der Waals surface area contributed by atoms with Gasteiger partial charge in [-0.25, -0.2) is 17.7 Å². The summed E-state index contributed by atoms with van der Waals surface area (Å²) in [6.45, 7) is 2.20. The number of amides is 1. The molecule has 0 bridgehead atoms. The number of oxazole rings is 1. The van der Waals surface area contributed by atoms with Gasteiger partial charge in [0.25, 0.3) is 5.91 Å². The van der Waals surface area contributed by atoms with Crippen LogP contribution in [0.1, 0.15) is 28.2 Å². The van der Waals surface area contributed by atoms with Crippen LogP contribution in [0.15, 0.2) is 33.9 Å². The number of aryl methyl sites for hydroxylation is 2. The first-order valence-electron chi connectivity index (χ1n) is 7.60. The van der Waals surface area contributed by atoms with Gasteiger partial charge in [0, 0.05) is 26.3 Å². The van der Waals surface area contributed by atoms with Crippen molar-refractivity contribution < 1.29 is 17.6 Å². The van der Waals surface area contributed by atoms with Crippen LogP contribution in [0, 0.1) is 6.92 Å². The van der Waals surface area contributed by atoms with E-state index in [9.17, 15) is 13.2 Å². The summed E-state index contributed by atoms with van der Waals surface area (Å²) < 4.78 is 31.0. The molecule has 0 N–H and O–H groups in total. The van der Waals surface area contributed by atoms with Gasteiger partial charge in [0.05, 0.1) is 4.90 Å². The Hall–Kier alpha value is -2.19. The summed E-state index contributed by atoms with van der Waals surface area (Å²) in [6.07, 6.45) is 2.86. The van der Waals surface area contributed by atoms with E-state index in [1.165, 1.54) is 20.5 Å². The zero-order valence-corrected chi connectivity index (χ0v) is 14.6. The maximum atomic E-state index is 12.8. The van der Waals surface area contributed by atoms with Crippen LogP contribution in [-0.2, 0) is 16.4 Å². The predicted molar refractivity (Wildman–Crippen MR) is 88.6 cm³/mol. The van der Waals surface area contributed by atoms with E-state index < -0.39 is 10.0 Å². The monoisotopic (exact) mass is 349 g/mol. The molecule has 1 aromatic carbocycles. The number of hydrogen-bond acceptors (Lipinski definition) is 5. The van der Waals surface area contributed by atoms with Crippen LogP contribution in [0.5, 0.6) is 0 Å². The van der Waals surface area contributed by atoms with Crippen molar-refractivity contribution in [2.45, 2.75) is 24.7 Å². The first kappa shape index (κ1) is 16.7. The minimum Gasteiger partial charge on any atom is -0.448 e. The van der Waals surface area contributed by atoms with E-state index in [4.69, 9.17) is 4.42 Å². The summed E-state index contributed by atoms with van der Waals surface area (Å²) in [4.78, 5) is 18.5. The van der Waals surface area contributed by atoms with Crippen LogP contribution < -0.4 is 4.90 Å². The van der Waals surface area contributed by atoms with E-state index in [2.05, 4.69) is 4.98 Å². The van der Waals surface area contributed by atoms with Gasteiger partial charge in [-0.1, -0.05) is 6.07 Å². The summed E-state index contributed by atoms with van der Waals surface area (Å²) in [7, 11) is -0.595. The molecule has 7 nitrogen and oxygen atoms in total. The third-order valence-electron chi connectivity index (χ3n) is 4.15. The third-order valence-corrected chi connectivity index (χ3v) is 5.96. The number of nitrogens with zero attached hydrogens (tertiary/aromatic N) is 3. The molecule has 128 valence electrons. The Morgan fingerprint density at radius 1 is 1.33 bits per heavy atom. The largest absolute Gasteiger partial charge is 0.448 e. The van der Waals surface area contributed by atoms with Crippen molar-refractivity contribution in [3.63, 3.8) is 0 Å². The van der Waals surface area contributed by atoms with Crippen molar-refractivity contribution in [3.8, 4) is 0 Å². The van der Waals surface area contributed by atoms with Crippen LogP contribution in [0.25, 0.3) is 0 Å². The number of sulfonamides is 1. The molecule has 1 amide bonds. The Bertz CT molecular complexity index is 886. The Labute approximate surface area is 140 Å². The second-order valence-corrected chi connectivity index (χ2v) is 8.05. The lowest BCUT2D eigenvalue weighted by Crippen LogP contribution is -2.36. The highest BCUT2D eigenvalue weighted by Gasteiger charge is 2.28. The molecule has 2 aromatic rings. The van der Waals surface area contributed by atoms with Crippen molar-refractivity contribution in [1.29, 1.82) is 0 Å². The lowest BCUT2D eigenvalue weighted by molar-refractivity contribution is 0.0979. The number of hydrogen-bond donors (Lipinski definition) is 0. The molecule has 0 saturated carbocycles. The van der Waals surface area contributed by atoms with Gasteiger partial charge in [0.1, 0.15) is 5.76 Å². The first-order valence-corrected chi connectivity index (χ1v) is 9.04. The third kappa shape index (κ3) is 2.71. The number of benzene rings is 1. The smallest absolute Gasteiger partial charge is 0.280 e. The molecule has 0 atom stereocenters. The Morgan fingerprint density at radius 2 is 2.08 bits per heavy atom. The topological polar surface area (TPSA) is 83.7 Å². The Balaban J connectivity index is 2.06. The van der Waals surface area contributed by atoms with Gasteiger partial charge < -0.3 is 9.32 Å². The van der Waals surface area contributed by atoms with Crippen LogP contribution in [-0.4, -0.2) is 44.3 Å². The van der Waals surface area contributed by atoms with Crippen molar-refractivity contribution in [3.05, 3.63) is 41.6 Å². The number of rotatable bonds is 3. The average molecular weight is 349 g/mol. The summed E-state index contributed by atoms with van der Waals surface area (Å²) in [5.41, 5.74) is 1.83. The SMILES string of the molecule is Cc1ocnc1C(=O)N1CCCc2ccc(S(=O)(=O)N(C)C)cc21. The fourth-order valence-corrected chi connectivity index (χ4v) is 3.70. The molecule has 3 rings (SSSR count). The minimum atomic E-state index is -3.56. The highest BCUT2D eigenvalue weighted by Crippen LogP contribution is 2.31. The molecule has 0 unspecified atom stereocenters. The van der Waals surface area contributed by atoms with Gasteiger partial charge >= 0.3 is 0 Å². The number of carbonyl (C=O) groups excluding carboxylic acids is 1. The molecule has 1 aromatic heterocycles. The molecule has 0 radical (unpaired) electrons. The van der Waals surface area contributed by atoms with Gasteiger partial charge in [-0.05, 0) is 37.5 Å². The zero-order valence-electron chi connectivity index (χ0n) is 13.8. The lowest BCUT2D eigenvalue weighted by atomic mass is 10.0. The lowest BCUT2D eigenvalue weighted by Gasteiger charge is -2.29. The van der Waals surface area contributed by atoms with Crippen molar-refractivity contribution in [1.82, 2.24) is 9.29 Å². The van der Waals surface area contributed by atoms with Gasteiger partial charge in [0.2, 0.25) is 10.0 Å². The molecule has 0 aliphatic carbocycles. The molecule has 1 aliphatic rings. The maximum Gasteiger partial charge on any atom is 0.280 e. The van der Waals surface area contributed by atoms with Crippen LogP contribution in [0.2, 0.25) is 0 Å². The van der Waals surface area contributed by atoms with Gasteiger partial charge in [0.15, 0.2) is 12.1 Å². The fraction of sp³-hybridized carbons (Fsp3) is 0.375. The molecule has 24 heavy (non-hydrogen) atoms. The molecule has 0 spiro atoms. The van der Waals surface area contributed by atoms with E-state index in [1.54, 1.807) is 30.0 Å². The highest BCUT2D eigenvalue weighted by molar-refractivity contribution is 7.89. The summed E-state index contributed by atoms with van der Waals surface area (Å²) >= 11 is 0. The van der Waals surface area contributed by atoms with Crippen LogP contribution >= 0.6 is 0 Å². The Morgan fingerprint density at radius 3 is 2.71 bits per heavy atom. The molecule has 2 heterocycles. The second-order valence-electron chi connectivity index (χ2n) is 5.90. The van der Waals surface area contributed by atoms with E-state index >= 15 is 0 Å². The van der Waals surface area contributed by atoms with Gasteiger partial charge in [-0.3, -0.25) is 4.79 Å². The summed E-state index contributed by atoms with van der Waals surface area (Å²) in [6, 6.07) is 4.93. The van der Waals surface area contributed by atoms with Crippen molar-refractivity contribution in [2.75, 3.05) is 25.5 Å². The van der Waals surface area contributed by atoms with Crippen molar-refractivity contribution in [2.24, 2.45) is 0 Å². The Kier molecular flexibility index (Phi) is 4.18. The van der Waals surface area contributed by atoms with E-state index in [0.29, 0.717) is 18.0 Å². The maximum absolute atomic E-state index is 12.8. The molecular formula is C16H19N3O4S. The second kappa shape index (κ2) is 6.03. The normalized spacial score (nSPS) is 14.8. The minimum absolute atomic E-state index is 0.169. The van der Waals surface area contributed by atoms with Crippen molar-refractivity contribution >= 4 is 21.6 Å². The highest BCUT2D eigenvalue weighted by atomic mass is 32.2. The summed E-state index contributed by atoms with van der Waals surface area (Å²) in [5, 5.41) is 0. The number of aromatic nitrogens is 1. The molecule has 0 fully saturated rings. The molecule has 1 aliphatic heterocycles. The summed E-state index contributed by atoms with van der Waals surface area (Å²) in [5.74, 6) is 0.172. The van der Waals surface area contributed by atoms with Gasteiger partial charge in [-0.15, -0.1) is 0 Å². The van der Waals surface area contributed by atoms with Gasteiger partial charge in [-0.2, -0.15) is 0 Å². The number of anilines is 1. The van der Waals surface area contributed by atoms with E-state index in [0.717, 1.165) is 22.7 Å².